The molecular weight excluding hydrogens is 537 g/mol. The number of carbonyl (C=O) groups excluding carboxylic acids is 1. The fourth-order valence-electron chi connectivity index (χ4n) is 3.88. The van der Waals surface area contributed by atoms with Crippen LogP contribution in [0.5, 0.6) is 5.75 Å². The van der Waals surface area contributed by atoms with E-state index >= 15 is 0 Å². The van der Waals surface area contributed by atoms with Crippen molar-refractivity contribution in [3.05, 3.63) is 30.6 Å². The van der Waals surface area contributed by atoms with E-state index in [1.165, 1.54) is 11.8 Å². The molecule has 2 aromatic heterocycles. The molecule has 1 aromatic carbocycles. The minimum absolute atomic E-state index is 0.0380. The number of nitrogens with two attached hydrogens (primary N) is 1. The lowest BCUT2D eigenvalue weighted by Crippen LogP contribution is -2.33. The molecule has 1 saturated carbocycles. The second-order valence-electron chi connectivity index (χ2n) is 9.27. The molecule has 0 amide bonds. The van der Waals surface area contributed by atoms with Crippen molar-refractivity contribution in [2.24, 2.45) is 5.92 Å². The molecule has 0 saturated heterocycles. The van der Waals surface area contributed by atoms with Crippen LogP contribution < -0.4 is 10.5 Å². The first-order valence-electron chi connectivity index (χ1n) is 11.8. The zero-order chi connectivity index (χ0) is 27.7. The highest BCUT2D eigenvalue weighted by molar-refractivity contribution is 7.99. The molecule has 2 heterocycles. The zero-order valence-corrected chi connectivity index (χ0v) is 23.0. The van der Waals surface area contributed by atoms with E-state index in [-0.39, 0.29) is 18.4 Å². The van der Waals surface area contributed by atoms with Crippen molar-refractivity contribution >= 4 is 42.6 Å². The van der Waals surface area contributed by atoms with Gasteiger partial charge in [-0.2, -0.15) is 4.98 Å². The first-order chi connectivity index (χ1) is 17.9. The summed E-state index contributed by atoms with van der Waals surface area (Å²) >= 11 is 1.37. The normalized spacial score (nSPS) is 19.9. The van der Waals surface area contributed by atoms with Crippen molar-refractivity contribution in [1.82, 2.24) is 19.5 Å². The molecule has 13 nitrogen and oxygen atoms in total. The van der Waals surface area contributed by atoms with Gasteiger partial charge in [0.05, 0.1) is 31.7 Å². The van der Waals surface area contributed by atoms with Crippen LogP contribution in [0.3, 0.4) is 0 Å². The summed E-state index contributed by atoms with van der Waals surface area (Å²) in [5.41, 5.74) is 6.05. The summed E-state index contributed by atoms with van der Waals surface area (Å²) in [6, 6.07) is 7.45. The summed E-state index contributed by atoms with van der Waals surface area (Å²) in [5.74, 6) is -0.920. The van der Waals surface area contributed by atoms with E-state index in [4.69, 9.17) is 24.7 Å². The summed E-state index contributed by atoms with van der Waals surface area (Å²) in [7, 11) is -3.19. The maximum Gasteiger partial charge on any atom is 0.508 e. The van der Waals surface area contributed by atoms with Crippen LogP contribution in [0.25, 0.3) is 11.2 Å². The van der Waals surface area contributed by atoms with Crippen molar-refractivity contribution in [2.75, 3.05) is 19.5 Å². The van der Waals surface area contributed by atoms with Crippen molar-refractivity contribution in [1.29, 1.82) is 0 Å². The molecule has 1 aliphatic carbocycles. The number of anilines is 1. The number of aromatic nitrogens is 4. The molecule has 38 heavy (non-hydrogen) atoms. The van der Waals surface area contributed by atoms with Gasteiger partial charge in [0, 0.05) is 4.90 Å². The third-order valence-electron chi connectivity index (χ3n) is 5.97. The molecule has 3 aromatic rings. The minimum atomic E-state index is -4.79. The van der Waals surface area contributed by atoms with Crippen molar-refractivity contribution in [2.45, 2.75) is 61.2 Å². The van der Waals surface area contributed by atoms with E-state index in [0.29, 0.717) is 22.6 Å². The Morgan fingerprint density at radius 2 is 1.97 bits per heavy atom. The van der Waals surface area contributed by atoms with Crippen LogP contribution >= 0.6 is 19.4 Å². The van der Waals surface area contributed by atoms with Gasteiger partial charge in [0.1, 0.15) is 22.9 Å². The van der Waals surface area contributed by atoms with Gasteiger partial charge in [-0.05, 0) is 50.5 Å². The molecular formula is C23H30N5O8PS. The lowest BCUT2D eigenvalue weighted by molar-refractivity contribution is -0.0544. The number of hydrogen-bond donors (Lipinski definition) is 3. The summed E-state index contributed by atoms with van der Waals surface area (Å²) in [4.78, 5) is 45.6. The Labute approximate surface area is 223 Å². The average molecular weight is 568 g/mol. The third-order valence-corrected chi connectivity index (χ3v) is 7.96. The maximum absolute atomic E-state index is 12.2. The highest BCUT2D eigenvalue weighted by Gasteiger charge is 2.56. The summed E-state index contributed by atoms with van der Waals surface area (Å²) in [5, 5.41) is 0.556. The number of imidazole rings is 1. The molecule has 15 heteroatoms. The monoisotopic (exact) mass is 567 g/mol. The molecule has 4 N–H and O–H groups in total. The van der Waals surface area contributed by atoms with Gasteiger partial charge in [0.2, 0.25) is 5.95 Å². The molecule has 3 atom stereocenters. The standard InChI is InChI=1S/C23H30N5O8PS/c1-13(2)35-22(29)34-10-17(37(30,31)32)36-23(9-14(23)3)11-28-12-25-18-19(28)26-21(24)27-20(18)38-16-7-5-15(33-4)6-8-16/h5-8,12-14,17H,9-11H2,1-4H3,(H2,24,26,27)(H2,30,31,32). The van der Waals surface area contributed by atoms with E-state index in [0.717, 1.165) is 10.6 Å². The number of benzene rings is 1. The zero-order valence-electron chi connectivity index (χ0n) is 21.3. The van der Waals surface area contributed by atoms with Crippen LogP contribution in [-0.2, 0) is 25.3 Å². The Hall–Kier alpha value is -2.90. The Kier molecular flexibility index (Phi) is 8.19. The highest BCUT2D eigenvalue weighted by Crippen LogP contribution is 2.54. The fourth-order valence-corrected chi connectivity index (χ4v) is 5.37. The molecule has 0 aliphatic heterocycles. The summed E-state index contributed by atoms with van der Waals surface area (Å²) in [6.45, 7) is 4.70. The van der Waals surface area contributed by atoms with Crippen LogP contribution in [0, 0.1) is 5.92 Å². The van der Waals surface area contributed by atoms with Gasteiger partial charge in [0.25, 0.3) is 0 Å². The summed E-state index contributed by atoms with van der Waals surface area (Å²) in [6.07, 6.45) is 0.613. The second-order valence-corrected chi connectivity index (χ2v) is 12.1. The number of fused-ring (bicyclic) bond motifs is 1. The van der Waals surface area contributed by atoms with E-state index in [2.05, 4.69) is 15.0 Å². The Bertz CT molecular complexity index is 1350. The predicted octanol–water partition coefficient (Wildman–Crippen LogP) is 3.43. The SMILES string of the molecule is COc1ccc(Sc2nc(N)nc3c2ncn3CC2(OC(COC(=O)OC(C)C)P(=O)(O)O)CC2C)cc1. The number of nitrogen functional groups attached to an aromatic ring is 1. The molecule has 4 rings (SSSR count). The molecule has 0 spiro atoms. The number of carbonyl (C=O) groups is 1. The topological polar surface area (TPSA) is 181 Å². The Morgan fingerprint density at radius 3 is 2.55 bits per heavy atom. The minimum Gasteiger partial charge on any atom is -0.497 e. The summed E-state index contributed by atoms with van der Waals surface area (Å²) < 4.78 is 34.8. The largest absolute Gasteiger partial charge is 0.508 e. The second kappa shape index (κ2) is 11.1. The van der Waals surface area contributed by atoms with E-state index in [1.807, 2.05) is 31.2 Å². The number of ether oxygens (including phenoxy) is 4. The lowest BCUT2D eigenvalue weighted by Gasteiger charge is -2.26. The Morgan fingerprint density at radius 1 is 1.29 bits per heavy atom. The average Bonchev–Trinajstić information content (AvgIpc) is 3.28. The first-order valence-corrected chi connectivity index (χ1v) is 14.3. The smallest absolute Gasteiger partial charge is 0.497 e. The number of methoxy groups -OCH3 is 1. The van der Waals surface area contributed by atoms with Crippen molar-refractivity contribution in [3.8, 4) is 5.75 Å². The van der Waals surface area contributed by atoms with Crippen molar-refractivity contribution in [3.63, 3.8) is 0 Å². The number of rotatable bonds is 11. The van der Waals surface area contributed by atoms with Crippen LogP contribution in [0.1, 0.15) is 27.2 Å². The number of hydrogen-bond acceptors (Lipinski definition) is 11. The lowest BCUT2D eigenvalue weighted by atomic mass is 10.2. The third kappa shape index (κ3) is 6.56. The van der Waals surface area contributed by atoms with Gasteiger partial charge < -0.3 is 39.0 Å². The highest BCUT2D eigenvalue weighted by atomic mass is 32.2. The molecule has 3 unspecified atom stereocenters. The Balaban J connectivity index is 1.55. The first kappa shape index (κ1) is 28.1. The van der Waals surface area contributed by atoms with E-state index in [9.17, 15) is 19.1 Å². The van der Waals surface area contributed by atoms with Crippen LogP contribution in [-0.4, -0.2) is 66.7 Å². The quantitative estimate of drug-likeness (QED) is 0.174. The van der Waals surface area contributed by atoms with Crippen LogP contribution in [0.4, 0.5) is 10.7 Å². The van der Waals surface area contributed by atoms with Gasteiger partial charge in [-0.3, -0.25) is 4.57 Å². The maximum atomic E-state index is 12.2. The van der Waals surface area contributed by atoms with Gasteiger partial charge in [-0.25, -0.2) is 14.8 Å². The van der Waals surface area contributed by atoms with Crippen molar-refractivity contribution < 1.29 is 38.1 Å². The fraction of sp³-hybridized carbons (Fsp3) is 0.478. The molecule has 0 radical (unpaired) electrons. The number of nitrogens with zero attached hydrogens (tertiary/aromatic N) is 4. The van der Waals surface area contributed by atoms with Gasteiger partial charge in [-0.15, -0.1) is 0 Å². The molecule has 1 fully saturated rings. The van der Waals surface area contributed by atoms with E-state index < -0.39 is 37.9 Å². The van der Waals surface area contributed by atoms with Crippen LogP contribution in [0.15, 0.2) is 40.5 Å². The van der Waals surface area contributed by atoms with Crippen LogP contribution in [0.2, 0.25) is 0 Å². The molecule has 0 bridgehead atoms. The van der Waals surface area contributed by atoms with Gasteiger partial charge in [0.15, 0.2) is 11.5 Å². The van der Waals surface area contributed by atoms with Gasteiger partial charge >= 0.3 is 13.8 Å². The van der Waals surface area contributed by atoms with E-state index in [1.54, 1.807) is 31.9 Å². The predicted molar refractivity (Wildman–Crippen MR) is 138 cm³/mol. The van der Waals surface area contributed by atoms with Gasteiger partial charge in [-0.1, -0.05) is 18.7 Å². The molecule has 206 valence electrons. The molecule has 1 aliphatic rings.